The lowest BCUT2D eigenvalue weighted by Crippen LogP contribution is -2.48. The van der Waals surface area contributed by atoms with Crippen LogP contribution in [-0.2, 0) is 9.84 Å². The van der Waals surface area contributed by atoms with E-state index in [0.717, 1.165) is 37.9 Å². The maximum atomic E-state index is 13.2. The van der Waals surface area contributed by atoms with Crippen LogP contribution in [0.5, 0.6) is 5.75 Å². The summed E-state index contributed by atoms with van der Waals surface area (Å²) in [5, 5.41) is 0. The van der Waals surface area contributed by atoms with Gasteiger partial charge in [0.15, 0.2) is 9.84 Å². The van der Waals surface area contributed by atoms with E-state index in [9.17, 15) is 13.2 Å². The van der Waals surface area contributed by atoms with E-state index in [-0.39, 0.29) is 10.8 Å². The molecule has 2 aromatic carbocycles. The molecule has 7 heteroatoms. The second-order valence-electron chi connectivity index (χ2n) is 7.80. The van der Waals surface area contributed by atoms with Crippen molar-refractivity contribution in [3.05, 3.63) is 54.1 Å². The molecule has 1 amide bonds. The zero-order valence-corrected chi connectivity index (χ0v) is 17.4. The molecule has 6 nitrogen and oxygen atoms in total. The highest BCUT2D eigenvalue weighted by Crippen LogP contribution is 2.31. The van der Waals surface area contributed by atoms with E-state index in [0.29, 0.717) is 36.9 Å². The fourth-order valence-electron chi connectivity index (χ4n) is 3.50. The number of nitrogens with zero attached hydrogens (tertiary/aromatic N) is 2. The van der Waals surface area contributed by atoms with E-state index in [1.165, 1.54) is 12.1 Å². The van der Waals surface area contributed by atoms with E-state index in [2.05, 4.69) is 17.0 Å². The van der Waals surface area contributed by atoms with Crippen LogP contribution in [0.2, 0.25) is 0 Å². The lowest BCUT2D eigenvalue weighted by molar-refractivity contribution is 0.0741. The zero-order chi connectivity index (χ0) is 20.4. The molecule has 0 unspecified atom stereocenters. The van der Waals surface area contributed by atoms with Gasteiger partial charge in [0.1, 0.15) is 5.75 Å². The number of hydrogen-bond donors (Lipinski definition) is 0. The molecule has 2 aliphatic rings. The molecule has 0 atom stereocenters. The van der Waals surface area contributed by atoms with Crippen LogP contribution in [0.25, 0.3) is 0 Å². The number of carbonyl (C=O) groups is 1. The SMILES string of the molecule is CS(=O)(=O)c1ccc(OCC2CC2)c(C(=O)N2CCN(c3ccccc3)CC2)c1. The zero-order valence-electron chi connectivity index (χ0n) is 16.6. The summed E-state index contributed by atoms with van der Waals surface area (Å²) in [6.07, 6.45) is 3.44. The first-order chi connectivity index (χ1) is 13.9. The molecule has 0 N–H and O–H groups in total. The molecular formula is C22H26N2O4S. The topological polar surface area (TPSA) is 66.9 Å². The number of benzene rings is 2. The van der Waals surface area contributed by atoms with Crippen LogP contribution in [0.3, 0.4) is 0 Å². The second-order valence-corrected chi connectivity index (χ2v) is 9.82. The number of hydrogen-bond acceptors (Lipinski definition) is 5. The number of rotatable bonds is 6. The summed E-state index contributed by atoms with van der Waals surface area (Å²) in [6.45, 7) is 3.21. The Bertz CT molecular complexity index is 979. The van der Waals surface area contributed by atoms with Crippen molar-refractivity contribution in [2.24, 2.45) is 5.92 Å². The molecule has 0 aromatic heterocycles. The summed E-state index contributed by atoms with van der Waals surface area (Å²) in [7, 11) is -3.40. The Balaban J connectivity index is 1.52. The van der Waals surface area contributed by atoms with Gasteiger partial charge < -0.3 is 14.5 Å². The first-order valence-electron chi connectivity index (χ1n) is 9.98. The van der Waals surface area contributed by atoms with Gasteiger partial charge in [-0.3, -0.25) is 4.79 Å². The fourth-order valence-corrected chi connectivity index (χ4v) is 4.15. The third-order valence-corrected chi connectivity index (χ3v) is 6.58. The van der Waals surface area contributed by atoms with Gasteiger partial charge in [-0.05, 0) is 49.1 Å². The normalized spacial score (nSPS) is 17.3. The van der Waals surface area contributed by atoms with Gasteiger partial charge in [0, 0.05) is 38.1 Å². The average Bonchev–Trinajstić information content (AvgIpc) is 3.56. The van der Waals surface area contributed by atoms with Gasteiger partial charge in [-0.15, -0.1) is 0 Å². The highest BCUT2D eigenvalue weighted by atomic mass is 32.2. The van der Waals surface area contributed by atoms with Gasteiger partial charge in [-0.25, -0.2) is 8.42 Å². The molecule has 1 saturated heterocycles. The summed E-state index contributed by atoms with van der Waals surface area (Å²) in [6, 6.07) is 14.7. The van der Waals surface area contributed by atoms with E-state index in [1.54, 1.807) is 11.0 Å². The summed E-state index contributed by atoms with van der Waals surface area (Å²) in [4.78, 5) is 17.4. The number of anilines is 1. The van der Waals surface area contributed by atoms with Crippen LogP contribution in [-0.4, -0.2) is 58.3 Å². The number of carbonyl (C=O) groups excluding carboxylic acids is 1. The number of para-hydroxylation sites is 1. The summed E-state index contributed by atoms with van der Waals surface area (Å²) in [5.41, 5.74) is 1.48. The predicted molar refractivity (Wildman–Crippen MR) is 112 cm³/mol. The van der Waals surface area contributed by atoms with Gasteiger partial charge in [-0.1, -0.05) is 18.2 Å². The van der Waals surface area contributed by atoms with Crippen molar-refractivity contribution in [3.63, 3.8) is 0 Å². The van der Waals surface area contributed by atoms with Crippen LogP contribution in [0.4, 0.5) is 5.69 Å². The summed E-state index contributed by atoms with van der Waals surface area (Å²) >= 11 is 0. The van der Waals surface area contributed by atoms with Crippen LogP contribution in [0.15, 0.2) is 53.4 Å². The third-order valence-electron chi connectivity index (χ3n) is 5.47. The molecular weight excluding hydrogens is 388 g/mol. The van der Waals surface area contributed by atoms with Crippen molar-refractivity contribution >= 4 is 21.4 Å². The van der Waals surface area contributed by atoms with Crippen molar-refractivity contribution in [3.8, 4) is 5.75 Å². The molecule has 1 saturated carbocycles. The first kappa shape index (κ1) is 19.8. The molecule has 1 aliphatic heterocycles. The quantitative estimate of drug-likeness (QED) is 0.727. The fraction of sp³-hybridized carbons (Fsp3) is 0.409. The predicted octanol–water partition coefficient (Wildman–Crippen LogP) is 2.84. The largest absolute Gasteiger partial charge is 0.492 e. The summed E-state index contributed by atoms with van der Waals surface area (Å²) < 4.78 is 29.9. The minimum absolute atomic E-state index is 0.141. The summed E-state index contributed by atoms with van der Waals surface area (Å²) in [5.74, 6) is 0.843. The Morgan fingerprint density at radius 2 is 1.72 bits per heavy atom. The van der Waals surface area contributed by atoms with E-state index in [4.69, 9.17) is 4.74 Å². The van der Waals surface area contributed by atoms with Crippen molar-refractivity contribution < 1.29 is 17.9 Å². The Morgan fingerprint density at radius 1 is 1.03 bits per heavy atom. The number of ether oxygens (including phenoxy) is 1. The first-order valence-corrected chi connectivity index (χ1v) is 11.9. The van der Waals surface area contributed by atoms with Crippen molar-refractivity contribution in [1.29, 1.82) is 0 Å². The molecule has 0 bridgehead atoms. The lowest BCUT2D eigenvalue weighted by Gasteiger charge is -2.36. The maximum Gasteiger partial charge on any atom is 0.257 e. The van der Waals surface area contributed by atoms with Gasteiger partial charge in [-0.2, -0.15) is 0 Å². The van der Waals surface area contributed by atoms with Gasteiger partial charge >= 0.3 is 0 Å². The molecule has 1 heterocycles. The van der Waals surface area contributed by atoms with Crippen LogP contribution in [0, 0.1) is 5.92 Å². The van der Waals surface area contributed by atoms with E-state index in [1.807, 2.05) is 18.2 Å². The maximum absolute atomic E-state index is 13.2. The Kier molecular flexibility index (Phi) is 5.50. The Hall–Kier alpha value is -2.54. The molecule has 154 valence electrons. The number of sulfone groups is 1. The van der Waals surface area contributed by atoms with Crippen LogP contribution < -0.4 is 9.64 Å². The molecule has 1 aliphatic carbocycles. The van der Waals surface area contributed by atoms with Crippen LogP contribution >= 0.6 is 0 Å². The van der Waals surface area contributed by atoms with E-state index >= 15 is 0 Å². The van der Waals surface area contributed by atoms with Crippen molar-refractivity contribution in [1.82, 2.24) is 4.90 Å². The molecule has 0 radical (unpaired) electrons. The highest BCUT2D eigenvalue weighted by Gasteiger charge is 2.27. The van der Waals surface area contributed by atoms with Crippen molar-refractivity contribution in [2.75, 3.05) is 43.9 Å². The Labute approximate surface area is 172 Å². The van der Waals surface area contributed by atoms with Gasteiger partial charge in [0.25, 0.3) is 5.91 Å². The molecule has 0 spiro atoms. The standard InChI is InChI=1S/C22H26N2O4S/c1-29(26,27)19-9-10-21(28-16-17-7-8-17)20(15-19)22(25)24-13-11-23(12-14-24)18-5-3-2-4-6-18/h2-6,9-10,15,17H,7-8,11-14,16H2,1H3. The number of piperazine rings is 1. The highest BCUT2D eigenvalue weighted by molar-refractivity contribution is 7.90. The van der Waals surface area contributed by atoms with Crippen LogP contribution in [0.1, 0.15) is 23.2 Å². The van der Waals surface area contributed by atoms with E-state index < -0.39 is 9.84 Å². The number of amides is 1. The molecule has 4 rings (SSSR count). The average molecular weight is 415 g/mol. The minimum Gasteiger partial charge on any atom is -0.492 e. The monoisotopic (exact) mass is 414 g/mol. The molecule has 2 aromatic rings. The lowest BCUT2D eigenvalue weighted by atomic mass is 10.1. The molecule has 29 heavy (non-hydrogen) atoms. The third kappa shape index (κ3) is 4.72. The van der Waals surface area contributed by atoms with Gasteiger partial charge in [0.2, 0.25) is 0 Å². The Morgan fingerprint density at radius 3 is 2.34 bits per heavy atom. The van der Waals surface area contributed by atoms with Gasteiger partial charge in [0.05, 0.1) is 17.1 Å². The smallest absolute Gasteiger partial charge is 0.257 e. The van der Waals surface area contributed by atoms with Crippen molar-refractivity contribution in [2.45, 2.75) is 17.7 Å². The molecule has 2 fully saturated rings. The second kappa shape index (κ2) is 8.06. The minimum atomic E-state index is -3.40.